The van der Waals surface area contributed by atoms with Crippen molar-refractivity contribution in [3.63, 3.8) is 0 Å². The quantitative estimate of drug-likeness (QED) is 0.790. The normalized spacial score (nSPS) is 16.1. The van der Waals surface area contributed by atoms with E-state index in [1.54, 1.807) is 18.2 Å². The number of nitrogens with one attached hydrogen (secondary N) is 1. The number of phenols is 1. The summed E-state index contributed by atoms with van der Waals surface area (Å²) in [5, 5.41) is 9.77. The monoisotopic (exact) mass is 380 g/mol. The van der Waals surface area contributed by atoms with Crippen LogP contribution in [0.4, 0.5) is 4.79 Å². The van der Waals surface area contributed by atoms with Gasteiger partial charge in [0.1, 0.15) is 5.75 Å². The zero-order chi connectivity index (χ0) is 19.4. The van der Waals surface area contributed by atoms with Gasteiger partial charge in [-0.25, -0.2) is 0 Å². The van der Waals surface area contributed by atoms with Gasteiger partial charge in [0.25, 0.3) is 11.8 Å². The third-order valence-corrected chi connectivity index (χ3v) is 4.58. The van der Waals surface area contributed by atoms with Crippen molar-refractivity contribution in [2.45, 2.75) is 6.92 Å². The largest absolute Gasteiger partial charge is 0.507 e. The maximum absolute atomic E-state index is 12.5. The Balaban J connectivity index is 1.76. The van der Waals surface area contributed by atoms with Crippen LogP contribution in [0.15, 0.2) is 71.2 Å². The van der Waals surface area contributed by atoms with Gasteiger partial charge in [0.15, 0.2) is 0 Å². The fraction of sp³-hybridized carbons (Fsp3) is 0.0500. The molecule has 0 unspecified atom stereocenters. The van der Waals surface area contributed by atoms with E-state index in [-0.39, 0.29) is 16.2 Å². The highest BCUT2D eigenvalue weighted by molar-refractivity contribution is 8.18. The third kappa shape index (κ3) is 4.27. The van der Waals surface area contributed by atoms with Crippen LogP contribution in [-0.2, 0) is 4.79 Å². The Kier molecular flexibility index (Phi) is 5.42. The van der Waals surface area contributed by atoms with E-state index in [1.165, 1.54) is 12.1 Å². The number of hydrogen-bond donors (Lipinski definition) is 2. The standard InChI is InChI=1S/C20H16N2O4S/c1-13(11-14-7-3-2-4-8-14)12-17-19(25)22(20(26)27-17)21-18(24)15-9-5-6-10-16(15)23/h2-12,23H,1H3,(H,21,24)/b13-11+,17-12+. The molecule has 1 aliphatic rings. The van der Waals surface area contributed by atoms with Crippen molar-refractivity contribution >= 4 is 34.9 Å². The van der Waals surface area contributed by atoms with E-state index in [0.29, 0.717) is 5.01 Å². The number of benzene rings is 2. The lowest BCUT2D eigenvalue weighted by Gasteiger charge is -2.14. The maximum Gasteiger partial charge on any atom is 0.312 e. The van der Waals surface area contributed by atoms with Gasteiger partial charge in [0.05, 0.1) is 10.5 Å². The predicted molar refractivity (Wildman–Crippen MR) is 104 cm³/mol. The van der Waals surface area contributed by atoms with Crippen molar-refractivity contribution in [1.82, 2.24) is 10.4 Å². The van der Waals surface area contributed by atoms with Crippen molar-refractivity contribution in [3.05, 3.63) is 82.3 Å². The predicted octanol–water partition coefficient (Wildman–Crippen LogP) is 3.72. The van der Waals surface area contributed by atoms with Gasteiger partial charge in [0, 0.05) is 0 Å². The van der Waals surface area contributed by atoms with Gasteiger partial charge in [-0.05, 0) is 48.0 Å². The number of carbonyl (C=O) groups is 3. The maximum atomic E-state index is 12.5. The summed E-state index contributed by atoms with van der Waals surface area (Å²) in [5.41, 5.74) is 3.98. The number of rotatable bonds is 4. The number of hydrazine groups is 1. The van der Waals surface area contributed by atoms with E-state index >= 15 is 0 Å². The highest BCUT2D eigenvalue weighted by atomic mass is 32.2. The number of nitrogens with zero attached hydrogens (tertiary/aromatic N) is 1. The molecule has 1 heterocycles. The molecule has 0 saturated carbocycles. The van der Waals surface area contributed by atoms with Crippen molar-refractivity contribution in [3.8, 4) is 5.75 Å². The van der Waals surface area contributed by atoms with Gasteiger partial charge < -0.3 is 5.11 Å². The molecule has 1 aliphatic heterocycles. The van der Waals surface area contributed by atoms with Crippen LogP contribution < -0.4 is 5.43 Å². The van der Waals surface area contributed by atoms with Crippen LogP contribution in [-0.4, -0.2) is 27.2 Å². The molecule has 2 aromatic carbocycles. The summed E-state index contributed by atoms with van der Waals surface area (Å²) in [6.45, 7) is 1.82. The van der Waals surface area contributed by atoms with E-state index in [1.807, 2.05) is 43.3 Å². The fourth-order valence-electron chi connectivity index (χ4n) is 2.45. The van der Waals surface area contributed by atoms with Crippen molar-refractivity contribution in [1.29, 1.82) is 0 Å². The molecular formula is C20H16N2O4S. The number of amides is 3. The molecule has 0 aliphatic carbocycles. The summed E-state index contributed by atoms with van der Waals surface area (Å²) < 4.78 is 0. The Morgan fingerprint density at radius 1 is 1.07 bits per heavy atom. The van der Waals surface area contributed by atoms with E-state index in [0.717, 1.165) is 22.9 Å². The van der Waals surface area contributed by atoms with Crippen LogP contribution in [0.3, 0.4) is 0 Å². The summed E-state index contributed by atoms with van der Waals surface area (Å²) in [4.78, 5) is 37.0. The van der Waals surface area contributed by atoms with Gasteiger partial charge >= 0.3 is 5.24 Å². The number of aromatic hydroxyl groups is 1. The first-order valence-corrected chi connectivity index (χ1v) is 8.87. The molecule has 136 valence electrons. The first kappa shape index (κ1) is 18.5. The molecule has 0 atom stereocenters. The number of imide groups is 1. The molecular weight excluding hydrogens is 364 g/mol. The summed E-state index contributed by atoms with van der Waals surface area (Å²) in [5.74, 6) is -1.60. The molecule has 0 aromatic heterocycles. The molecule has 0 radical (unpaired) electrons. The fourth-order valence-corrected chi connectivity index (χ4v) is 3.28. The van der Waals surface area contributed by atoms with Gasteiger partial charge in [-0.3, -0.25) is 19.8 Å². The van der Waals surface area contributed by atoms with E-state index < -0.39 is 17.1 Å². The highest BCUT2D eigenvalue weighted by Gasteiger charge is 2.37. The number of hydrogen-bond acceptors (Lipinski definition) is 5. The van der Waals surface area contributed by atoms with E-state index in [9.17, 15) is 19.5 Å². The molecule has 7 heteroatoms. The summed E-state index contributed by atoms with van der Waals surface area (Å²) >= 11 is 0.743. The summed E-state index contributed by atoms with van der Waals surface area (Å²) in [6.07, 6.45) is 3.48. The second kappa shape index (κ2) is 7.92. The zero-order valence-corrected chi connectivity index (χ0v) is 15.2. The van der Waals surface area contributed by atoms with Crippen LogP contribution in [0.2, 0.25) is 0 Å². The first-order valence-electron chi connectivity index (χ1n) is 8.06. The molecule has 1 fully saturated rings. The number of para-hydroxylation sites is 1. The minimum absolute atomic E-state index is 0.0271. The molecule has 3 rings (SSSR count). The van der Waals surface area contributed by atoms with Crippen LogP contribution in [0, 0.1) is 0 Å². The molecule has 0 spiro atoms. The van der Waals surface area contributed by atoms with E-state index in [4.69, 9.17) is 0 Å². The summed E-state index contributed by atoms with van der Waals surface area (Å²) in [6, 6.07) is 15.4. The number of phenolic OH excluding ortho intramolecular Hbond substituents is 1. The average Bonchev–Trinajstić information content (AvgIpc) is 2.90. The first-order chi connectivity index (χ1) is 13.0. The minimum atomic E-state index is -0.742. The van der Waals surface area contributed by atoms with Crippen molar-refractivity contribution < 1.29 is 19.5 Å². The van der Waals surface area contributed by atoms with Crippen molar-refractivity contribution in [2.24, 2.45) is 0 Å². The minimum Gasteiger partial charge on any atom is -0.507 e. The Hall–Kier alpha value is -3.32. The van der Waals surface area contributed by atoms with Gasteiger partial charge in [0.2, 0.25) is 0 Å². The molecule has 1 saturated heterocycles. The number of carbonyl (C=O) groups excluding carboxylic acids is 3. The van der Waals surface area contributed by atoms with Gasteiger partial charge in [-0.2, -0.15) is 5.01 Å². The SMILES string of the molecule is CC(=C\c1ccccc1)/C=C1/SC(=O)N(NC(=O)c2ccccc2O)C1=O. The lowest BCUT2D eigenvalue weighted by molar-refractivity contribution is -0.124. The lowest BCUT2D eigenvalue weighted by Crippen LogP contribution is -2.44. The Bertz CT molecular complexity index is 967. The molecule has 3 amide bonds. The highest BCUT2D eigenvalue weighted by Crippen LogP contribution is 2.31. The number of thioether (sulfide) groups is 1. The van der Waals surface area contributed by atoms with Gasteiger partial charge in [-0.1, -0.05) is 48.5 Å². The molecule has 2 N–H and O–H groups in total. The zero-order valence-electron chi connectivity index (χ0n) is 14.4. The van der Waals surface area contributed by atoms with Crippen LogP contribution in [0.25, 0.3) is 6.08 Å². The Labute approximate surface area is 160 Å². The topological polar surface area (TPSA) is 86.7 Å². The van der Waals surface area contributed by atoms with E-state index in [2.05, 4.69) is 5.43 Å². The average molecular weight is 380 g/mol. The smallest absolute Gasteiger partial charge is 0.312 e. The van der Waals surface area contributed by atoms with Crippen LogP contribution >= 0.6 is 11.8 Å². The Morgan fingerprint density at radius 3 is 2.44 bits per heavy atom. The lowest BCUT2D eigenvalue weighted by atomic mass is 10.1. The van der Waals surface area contributed by atoms with Gasteiger partial charge in [-0.15, -0.1) is 0 Å². The Morgan fingerprint density at radius 2 is 1.74 bits per heavy atom. The summed E-state index contributed by atoms with van der Waals surface area (Å²) in [7, 11) is 0. The molecule has 27 heavy (non-hydrogen) atoms. The van der Waals surface area contributed by atoms with Crippen LogP contribution in [0.5, 0.6) is 5.75 Å². The molecule has 6 nitrogen and oxygen atoms in total. The molecule has 2 aromatic rings. The third-order valence-electron chi connectivity index (χ3n) is 3.71. The van der Waals surface area contributed by atoms with Crippen molar-refractivity contribution in [2.75, 3.05) is 0 Å². The number of allylic oxidation sites excluding steroid dienone is 2. The van der Waals surface area contributed by atoms with Crippen LogP contribution in [0.1, 0.15) is 22.8 Å². The molecule has 0 bridgehead atoms. The second-order valence-electron chi connectivity index (χ2n) is 5.77. The second-order valence-corrected chi connectivity index (χ2v) is 6.77.